The van der Waals surface area contributed by atoms with Crippen LogP contribution in [0.3, 0.4) is 0 Å². The zero-order chi connectivity index (χ0) is 17.9. The molecule has 0 aliphatic carbocycles. The zero-order valence-electron chi connectivity index (χ0n) is 13.8. The molecule has 0 saturated heterocycles. The Kier molecular flexibility index (Phi) is 4.73. The normalized spacial score (nSPS) is 11.0. The standard InChI is InChI=1S/C18H14ClN5OS/c1-24-17(13-9-5-6-10-14(13)19)21-22-18(24)26-11-15-20-16(23-25-15)12-7-3-2-4-8-12/h2-10H,11H2,1H3. The molecule has 0 aliphatic heterocycles. The van der Waals surface area contributed by atoms with Crippen molar-refractivity contribution in [3.63, 3.8) is 0 Å². The maximum atomic E-state index is 6.25. The summed E-state index contributed by atoms with van der Waals surface area (Å²) < 4.78 is 7.23. The molecule has 0 spiro atoms. The van der Waals surface area contributed by atoms with Crippen LogP contribution in [0.4, 0.5) is 0 Å². The Morgan fingerprint density at radius 1 is 1.04 bits per heavy atom. The monoisotopic (exact) mass is 383 g/mol. The second-order valence-corrected chi connectivity index (χ2v) is 6.86. The van der Waals surface area contributed by atoms with E-state index in [0.29, 0.717) is 28.3 Å². The first-order valence-electron chi connectivity index (χ1n) is 7.87. The van der Waals surface area contributed by atoms with Gasteiger partial charge in [0.05, 0.1) is 10.8 Å². The van der Waals surface area contributed by atoms with Gasteiger partial charge in [0.2, 0.25) is 11.7 Å². The summed E-state index contributed by atoms with van der Waals surface area (Å²) in [5, 5.41) is 13.9. The van der Waals surface area contributed by atoms with Crippen molar-refractivity contribution in [2.24, 2.45) is 7.05 Å². The molecule has 0 saturated carbocycles. The molecular weight excluding hydrogens is 370 g/mol. The van der Waals surface area contributed by atoms with E-state index < -0.39 is 0 Å². The van der Waals surface area contributed by atoms with Crippen LogP contribution in [0.5, 0.6) is 0 Å². The lowest BCUT2D eigenvalue weighted by Gasteiger charge is -2.04. The SMILES string of the molecule is Cn1c(SCc2nc(-c3ccccc3)no2)nnc1-c1ccccc1Cl. The van der Waals surface area contributed by atoms with Gasteiger partial charge in [-0.25, -0.2) is 0 Å². The first kappa shape index (κ1) is 16.8. The van der Waals surface area contributed by atoms with Crippen molar-refractivity contribution in [1.82, 2.24) is 24.9 Å². The van der Waals surface area contributed by atoms with Gasteiger partial charge in [0, 0.05) is 18.2 Å². The largest absolute Gasteiger partial charge is 0.338 e. The van der Waals surface area contributed by atoms with Crippen molar-refractivity contribution >= 4 is 23.4 Å². The maximum Gasteiger partial charge on any atom is 0.237 e. The lowest BCUT2D eigenvalue weighted by molar-refractivity contribution is 0.391. The molecule has 6 nitrogen and oxygen atoms in total. The van der Waals surface area contributed by atoms with Gasteiger partial charge in [0.1, 0.15) is 0 Å². The van der Waals surface area contributed by atoms with Crippen LogP contribution in [0, 0.1) is 0 Å². The van der Waals surface area contributed by atoms with Gasteiger partial charge in [0.25, 0.3) is 0 Å². The van der Waals surface area contributed by atoms with Crippen LogP contribution in [0.25, 0.3) is 22.8 Å². The van der Waals surface area contributed by atoms with Gasteiger partial charge >= 0.3 is 0 Å². The lowest BCUT2D eigenvalue weighted by atomic mass is 10.2. The molecule has 0 bridgehead atoms. The smallest absolute Gasteiger partial charge is 0.237 e. The van der Waals surface area contributed by atoms with Crippen LogP contribution in [-0.2, 0) is 12.8 Å². The van der Waals surface area contributed by atoms with E-state index in [1.807, 2.05) is 66.2 Å². The fourth-order valence-corrected chi connectivity index (χ4v) is 3.43. The summed E-state index contributed by atoms with van der Waals surface area (Å²) in [6.45, 7) is 0. The van der Waals surface area contributed by atoms with E-state index >= 15 is 0 Å². The zero-order valence-corrected chi connectivity index (χ0v) is 15.4. The number of halogens is 1. The van der Waals surface area contributed by atoms with Crippen molar-refractivity contribution in [2.45, 2.75) is 10.9 Å². The molecule has 0 unspecified atom stereocenters. The van der Waals surface area contributed by atoms with Crippen molar-refractivity contribution in [3.8, 4) is 22.8 Å². The van der Waals surface area contributed by atoms with Gasteiger partial charge in [-0.15, -0.1) is 10.2 Å². The minimum atomic E-state index is 0.508. The number of hydrogen-bond donors (Lipinski definition) is 0. The Morgan fingerprint density at radius 2 is 1.81 bits per heavy atom. The molecule has 26 heavy (non-hydrogen) atoms. The van der Waals surface area contributed by atoms with Gasteiger partial charge in [-0.1, -0.05) is 71.0 Å². The van der Waals surface area contributed by atoms with E-state index in [-0.39, 0.29) is 0 Å². The Morgan fingerprint density at radius 3 is 2.62 bits per heavy atom. The highest BCUT2D eigenvalue weighted by molar-refractivity contribution is 7.98. The molecule has 0 atom stereocenters. The molecule has 0 N–H and O–H groups in total. The van der Waals surface area contributed by atoms with Crippen LogP contribution < -0.4 is 0 Å². The molecule has 2 heterocycles. The third kappa shape index (κ3) is 3.36. The third-order valence-electron chi connectivity index (χ3n) is 3.77. The summed E-state index contributed by atoms with van der Waals surface area (Å²) in [6, 6.07) is 17.3. The maximum absolute atomic E-state index is 6.25. The van der Waals surface area contributed by atoms with Gasteiger partial charge in [-0.2, -0.15) is 4.98 Å². The first-order chi connectivity index (χ1) is 12.7. The number of nitrogens with zero attached hydrogens (tertiary/aromatic N) is 5. The average molecular weight is 384 g/mol. The summed E-state index contributed by atoms with van der Waals surface area (Å²) in [5.41, 5.74) is 1.77. The second-order valence-electron chi connectivity index (χ2n) is 5.51. The quantitative estimate of drug-likeness (QED) is 0.473. The average Bonchev–Trinajstić information content (AvgIpc) is 3.28. The van der Waals surface area contributed by atoms with E-state index in [2.05, 4.69) is 20.3 Å². The molecule has 2 aromatic carbocycles. The Balaban J connectivity index is 1.50. The van der Waals surface area contributed by atoms with E-state index in [1.54, 1.807) is 0 Å². The first-order valence-corrected chi connectivity index (χ1v) is 9.24. The van der Waals surface area contributed by atoms with Gasteiger partial charge in [0.15, 0.2) is 11.0 Å². The third-order valence-corrected chi connectivity index (χ3v) is 5.11. The van der Waals surface area contributed by atoms with E-state index in [9.17, 15) is 0 Å². The molecule has 130 valence electrons. The topological polar surface area (TPSA) is 69.6 Å². The molecule has 0 amide bonds. The Labute approximate surface area is 159 Å². The Hall–Kier alpha value is -2.64. The molecule has 0 aliphatic rings. The van der Waals surface area contributed by atoms with Crippen LogP contribution in [0.2, 0.25) is 5.02 Å². The van der Waals surface area contributed by atoms with Crippen LogP contribution >= 0.6 is 23.4 Å². The van der Waals surface area contributed by atoms with Crippen molar-refractivity contribution in [3.05, 3.63) is 65.5 Å². The van der Waals surface area contributed by atoms with Gasteiger partial charge < -0.3 is 9.09 Å². The molecule has 0 fully saturated rings. The predicted molar refractivity (Wildman–Crippen MR) is 101 cm³/mol. The second kappa shape index (κ2) is 7.31. The summed E-state index contributed by atoms with van der Waals surface area (Å²) in [6.07, 6.45) is 0. The highest BCUT2D eigenvalue weighted by Gasteiger charge is 2.15. The molecule has 4 aromatic rings. The van der Waals surface area contributed by atoms with E-state index in [0.717, 1.165) is 16.3 Å². The summed E-state index contributed by atoms with van der Waals surface area (Å²) in [5.74, 6) is 2.34. The molecule has 8 heteroatoms. The van der Waals surface area contributed by atoms with Gasteiger partial charge in [-0.05, 0) is 12.1 Å². The molecule has 2 aromatic heterocycles. The van der Waals surface area contributed by atoms with Crippen LogP contribution in [-0.4, -0.2) is 24.9 Å². The number of benzene rings is 2. The molecule has 4 rings (SSSR count). The highest BCUT2D eigenvalue weighted by Crippen LogP contribution is 2.29. The Bertz CT molecular complexity index is 1030. The fourth-order valence-electron chi connectivity index (χ4n) is 2.46. The van der Waals surface area contributed by atoms with Gasteiger partial charge in [-0.3, -0.25) is 0 Å². The van der Waals surface area contributed by atoms with Crippen molar-refractivity contribution < 1.29 is 4.52 Å². The summed E-state index contributed by atoms with van der Waals surface area (Å²) in [4.78, 5) is 4.43. The highest BCUT2D eigenvalue weighted by atomic mass is 35.5. The number of hydrogen-bond acceptors (Lipinski definition) is 6. The number of aromatic nitrogens is 5. The molecular formula is C18H14ClN5OS. The summed E-state index contributed by atoms with van der Waals surface area (Å²) >= 11 is 7.73. The van der Waals surface area contributed by atoms with Crippen LogP contribution in [0.15, 0.2) is 64.3 Å². The fraction of sp³-hybridized carbons (Fsp3) is 0.111. The van der Waals surface area contributed by atoms with E-state index in [1.165, 1.54) is 11.8 Å². The molecule has 0 radical (unpaired) electrons. The van der Waals surface area contributed by atoms with E-state index in [4.69, 9.17) is 16.1 Å². The lowest BCUT2D eigenvalue weighted by Crippen LogP contribution is -1.95. The predicted octanol–water partition coefficient (Wildman–Crippen LogP) is 4.48. The number of rotatable bonds is 5. The minimum absolute atomic E-state index is 0.508. The van der Waals surface area contributed by atoms with Crippen LogP contribution in [0.1, 0.15) is 5.89 Å². The van der Waals surface area contributed by atoms with Crippen molar-refractivity contribution in [2.75, 3.05) is 0 Å². The number of thioether (sulfide) groups is 1. The minimum Gasteiger partial charge on any atom is -0.338 e. The van der Waals surface area contributed by atoms with Crippen molar-refractivity contribution in [1.29, 1.82) is 0 Å². The summed E-state index contributed by atoms with van der Waals surface area (Å²) in [7, 11) is 1.91.